The van der Waals surface area contributed by atoms with Crippen LogP contribution in [0.5, 0.6) is 5.75 Å². The van der Waals surface area contributed by atoms with Crippen molar-refractivity contribution < 1.29 is 27.6 Å². The Morgan fingerprint density at radius 1 is 1.29 bits per heavy atom. The zero-order valence-corrected chi connectivity index (χ0v) is 18.6. The lowest BCUT2D eigenvalue weighted by molar-refractivity contribution is -0.386. The first kappa shape index (κ1) is 23.4. The van der Waals surface area contributed by atoms with Crippen LogP contribution in [0.3, 0.4) is 0 Å². The summed E-state index contributed by atoms with van der Waals surface area (Å²) in [4.78, 5) is 22.9. The average molecular weight is 456 g/mol. The van der Waals surface area contributed by atoms with Crippen molar-refractivity contribution in [3.05, 3.63) is 28.3 Å². The summed E-state index contributed by atoms with van der Waals surface area (Å²) in [7, 11) is -3.88. The van der Waals surface area contributed by atoms with Crippen LogP contribution in [0.15, 0.2) is 23.1 Å². The Hall–Kier alpha value is -2.24. The first-order valence-electron chi connectivity index (χ1n) is 10.5. The van der Waals surface area contributed by atoms with E-state index in [0.717, 1.165) is 25.3 Å². The molecule has 1 aliphatic heterocycles. The van der Waals surface area contributed by atoms with E-state index in [-0.39, 0.29) is 55.5 Å². The Morgan fingerprint density at radius 2 is 2.00 bits per heavy atom. The number of carbonyl (C=O) groups excluding carboxylic acids is 1. The second-order valence-electron chi connectivity index (χ2n) is 8.13. The molecule has 1 aliphatic carbocycles. The molecule has 1 N–H and O–H groups in total. The number of ether oxygens (including phenoxy) is 2. The second kappa shape index (κ2) is 9.92. The van der Waals surface area contributed by atoms with E-state index in [1.54, 1.807) is 0 Å². The van der Waals surface area contributed by atoms with Gasteiger partial charge in [0, 0.05) is 25.2 Å². The summed E-state index contributed by atoms with van der Waals surface area (Å²) >= 11 is 0. The minimum Gasteiger partial charge on any atom is -0.477 e. The molecular weight excluding hydrogens is 426 g/mol. The molecule has 1 aromatic carbocycles. The minimum atomic E-state index is -3.88. The molecule has 0 radical (unpaired) electrons. The van der Waals surface area contributed by atoms with Gasteiger partial charge in [0.1, 0.15) is 0 Å². The molecule has 0 spiro atoms. The van der Waals surface area contributed by atoms with Gasteiger partial charge < -0.3 is 14.8 Å². The van der Waals surface area contributed by atoms with Gasteiger partial charge in [-0.3, -0.25) is 14.9 Å². The van der Waals surface area contributed by atoms with E-state index in [2.05, 4.69) is 19.2 Å². The maximum absolute atomic E-state index is 12.8. The Kier molecular flexibility index (Phi) is 7.50. The number of sulfonamides is 1. The summed E-state index contributed by atoms with van der Waals surface area (Å²) in [5, 5.41) is 14.5. The third-order valence-electron chi connectivity index (χ3n) is 6.15. The Balaban J connectivity index is 1.68. The van der Waals surface area contributed by atoms with Crippen LogP contribution < -0.4 is 10.1 Å². The maximum atomic E-state index is 12.8. The van der Waals surface area contributed by atoms with Gasteiger partial charge in [0.05, 0.1) is 23.0 Å². The van der Waals surface area contributed by atoms with E-state index >= 15 is 0 Å². The lowest BCUT2D eigenvalue weighted by Gasteiger charge is -2.34. The lowest BCUT2D eigenvalue weighted by atomic mass is 9.78. The van der Waals surface area contributed by atoms with Crippen molar-refractivity contribution in [2.75, 3.05) is 32.9 Å². The van der Waals surface area contributed by atoms with Gasteiger partial charge in [-0.2, -0.15) is 4.31 Å². The van der Waals surface area contributed by atoms with Gasteiger partial charge in [-0.15, -0.1) is 0 Å². The van der Waals surface area contributed by atoms with E-state index in [4.69, 9.17) is 9.47 Å². The molecule has 2 aliphatic rings. The highest BCUT2D eigenvalue weighted by molar-refractivity contribution is 7.89. The predicted octanol–water partition coefficient (Wildman–Crippen LogP) is 1.94. The number of nitrogens with one attached hydrogen (secondary N) is 1. The largest absolute Gasteiger partial charge is 0.477 e. The van der Waals surface area contributed by atoms with Crippen LogP contribution in [0.4, 0.5) is 5.69 Å². The first-order chi connectivity index (χ1) is 14.7. The van der Waals surface area contributed by atoms with Crippen LogP contribution in [0.1, 0.15) is 33.1 Å². The average Bonchev–Trinajstić information content (AvgIpc) is 2.76. The van der Waals surface area contributed by atoms with E-state index in [1.165, 1.54) is 16.4 Å². The number of carbonyl (C=O) groups is 1. The fraction of sp³-hybridized carbons (Fsp3) is 0.650. The predicted molar refractivity (Wildman–Crippen MR) is 112 cm³/mol. The minimum absolute atomic E-state index is 0.0517. The van der Waals surface area contributed by atoms with Crippen LogP contribution in [0.2, 0.25) is 0 Å². The molecule has 10 nitrogen and oxygen atoms in total. The summed E-state index contributed by atoms with van der Waals surface area (Å²) in [5.74, 6) is 0.357. The number of hydrogen-bond donors (Lipinski definition) is 1. The molecule has 1 aromatic rings. The smallest absolute Gasteiger partial charge is 0.312 e. The van der Waals surface area contributed by atoms with Crippen molar-refractivity contribution in [3.8, 4) is 5.75 Å². The quantitative estimate of drug-likeness (QED) is 0.491. The first-order valence-corrected chi connectivity index (χ1v) is 11.9. The van der Waals surface area contributed by atoms with Crippen LogP contribution in [0, 0.1) is 22.0 Å². The van der Waals surface area contributed by atoms with Crippen LogP contribution in [0.25, 0.3) is 0 Å². The lowest BCUT2D eigenvalue weighted by Crippen LogP contribution is -2.45. The van der Waals surface area contributed by atoms with E-state index in [1.807, 2.05) is 0 Å². The SMILES string of the molecule is CC1CCCC(NC(=O)COc2ccc(S(=O)(=O)N3CCOCC3)cc2[N+](=O)[O-])C1C. The van der Waals surface area contributed by atoms with E-state index in [9.17, 15) is 23.3 Å². The molecule has 3 atom stereocenters. The van der Waals surface area contributed by atoms with E-state index < -0.39 is 20.6 Å². The molecular formula is C20H29N3O7S. The van der Waals surface area contributed by atoms with E-state index in [0.29, 0.717) is 11.8 Å². The number of nitro groups is 1. The molecule has 3 rings (SSSR count). The number of nitrogens with zero attached hydrogens (tertiary/aromatic N) is 2. The number of rotatable bonds is 7. The monoisotopic (exact) mass is 455 g/mol. The topological polar surface area (TPSA) is 128 Å². The molecule has 2 fully saturated rings. The molecule has 1 saturated heterocycles. The second-order valence-corrected chi connectivity index (χ2v) is 10.1. The van der Waals surface area contributed by atoms with Gasteiger partial charge in [-0.05, 0) is 30.4 Å². The zero-order chi connectivity index (χ0) is 22.6. The standard InChI is InChI=1S/C20H29N3O7S/c1-14-4-3-5-17(15(14)2)21-20(24)13-30-19-7-6-16(12-18(19)23(25)26)31(27,28)22-8-10-29-11-9-22/h6-7,12,14-15,17H,3-5,8-11,13H2,1-2H3,(H,21,24). The molecule has 3 unspecified atom stereocenters. The summed E-state index contributed by atoms with van der Waals surface area (Å²) in [6.45, 7) is 4.81. The number of benzene rings is 1. The summed E-state index contributed by atoms with van der Waals surface area (Å²) in [5.41, 5.74) is -0.498. The van der Waals surface area contributed by atoms with Crippen molar-refractivity contribution in [3.63, 3.8) is 0 Å². The zero-order valence-electron chi connectivity index (χ0n) is 17.8. The molecule has 31 heavy (non-hydrogen) atoms. The van der Waals surface area contributed by atoms with Crippen molar-refractivity contribution in [2.24, 2.45) is 11.8 Å². The molecule has 1 heterocycles. The van der Waals surface area contributed by atoms with Crippen molar-refractivity contribution in [2.45, 2.75) is 44.0 Å². The van der Waals surface area contributed by atoms with Crippen molar-refractivity contribution >= 4 is 21.6 Å². The molecule has 1 saturated carbocycles. The number of hydrogen-bond acceptors (Lipinski definition) is 7. The molecule has 1 amide bonds. The highest BCUT2D eigenvalue weighted by Crippen LogP contribution is 2.32. The maximum Gasteiger partial charge on any atom is 0.312 e. The van der Waals surface area contributed by atoms with Crippen LogP contribution >= 0.6 is 0 Å². The fourth-order valence-electron chi connectivity index (χ4n) is 4.04. The number of amides is 1. The summed E-state index contributed by atoms with van der Waals surface area (Å²) in [6, 6.07) is 3.51. The summed E-state index contributed by atoms with van der Waals surface area (Å²) in [6.07, 6.45) is 3.07. The third-order valence-corrected chi connectivity index (χ3v) is 8.04. The van der Waals surface area contributed by atoms with Crippen LogP contribution in [-0.4, -0.2) is 62.5 Å². The number of morpholine rings is 1. The van der Waals surface area contributed by atoms with Crippen LogP contribution in [-0.2, 0) is 19.6 Å². The Labute approximate surface area is 182 Å². The highest BCUT2D eigenvalue weighted by Gasteiger charge is 2.30. The Morgan fingerprint density at radius 3 is 2.68 bits per heavy atom. The van der Waals surface area contributed by atoms with Crippen molar-refractivity contribution in [1.82, 2.24) is 9.62 Å². The molecule has 172 valence electrons. The van der Waals surface area contributed by atoms with Gasteiger partial charge in [0.15, 0.2) is 12.4 Å². The van der Waals surface area contributed by atoms with Gasteiger partial charge >= 0.3 is 5.69 Å². The third kappa shape index (κ3) is 5.52. The Bertz CT molecular complexity index is 915. The molecule has 0 aromatic heterocycles. The van der Waals surface area contributed by atoms with Gasteiger partial charge in [-0.1, -0.05) is 26.7 Å². The normalized spacial score (nSPS) is 25.0. The fourth-order valence-corrected chi connectivity index (χ4v) is 5.46. The molecule has 0 bridgehead atoms. The summed E-state index contributed by atoms with van der Waals surface area (Å²) < 4.78 is 37.3. The van der Waals surface area contributed by atoms with Gasteiger partial charge in [0.2, 0.25) is 10.0 Å². The molecule has 11 heteroatoms. The van der Waals surface area contributed by atoms with Gasteiger partial charge in [-0.25, -0.2) is 8.42 Å². The highest BCUT2D eigenvalue weighted by atomic mass is 32.2. The number of nitro benzene ring substituents is 1. The van der Waals surface area contributed by atoms with Crippen molar-refractivity contribution in [1.29, 1.82) is 0 Å². The van der Waals surface area contributed by atoms with Gasteiger partial charge in [0.25, 0.3) is 5.91 Å².